The zero-order valence-corrected chi connectivity index (χ0v) is 32.2. The number of nitrogens with one attached hydrogen (secondary N) is 1. The van der Waals surface area contributed by atoms with Crippen LogP contribution in [0.1, 0.15) is 145 Å². The highest BCUT2D eigenvalue weighted by Crippen LogP contribution is 2.43. The Kier molecular flexibility index (Phi) is 36.1. The van der Waals surface area contributed by atoms with Gasteiger partial charge in [-0.1, -0.05) is 100.0 Å². The predicted octanol–water partition coefficient (Wildman–Crippen LogP) is 8.00. The Morgan fingerprint density at radius 2 is 1.33 bits per heavy atom. The molecule has 0 fully saturated rings. The van der Waals surface area contributed by atoms with Crippen LogP contribution >= 0.6 is 7.82 Å². The molecule has 48 heavy (non-hydrogen) atoms. The van der Waals surface area contributed by atoms with Crippen molar-refractivity contribution in [1.82, 2.24) is 5.32 Å². The first-order valence-corrected chi connectivity index (χ1v) is 19.4. The summed E-state index contributed by atoms with van der Waals surface area (Å²) < 4.78 is 37.4. The topological polar surface area (TPSA) is 164 Å². The Labute approximate surface area is 291 Å². The fraction of sp³-hybridized carbons (Fsp3) is 0.829. The number of hydrogen-bond donors (Lipinski definition) is 2. The number of carbonyl (C=O) groups excluding carboxylic acids is 4. The van der Waals surface area contributed by atoms with Gasteiger partial charge in [0.25, 0.3) is 0 Å². The third-order valence-electron chi connectivity index (χ3n) is 6.56. The van der Waals surface area contributed by atoms with Gasteiger partial charge in [-0.3, -0.25) is 28.2 Å². The molecule has 0 rings (SSSR count). The molecule has 3 unspecified atom stereocenters. The maximum absolute atomic E-state index is 12.2. The minimum atomic E-state index is -4.48. The van der Waals surface area contributed by atoms with Gasteiger partial charge in [-0.15, -0.1) is 0 Å². The average molecular weight is 710 g/mol. The van der Waals surface area contributed by atoms with E-state index in [4.69, 9.17) is 23.3 Å². The first kappa shape index (κ1) is 50.1. The summed E-state index contributed by atoms with van der Waals surface area (Å²) in [7, 11) is -4.48. The zero-order valence-electron chi connectivity index (χ0n) is 31.3. The lowest BCUT2D eigenvalue weighted by atomic mass is 10.0. The third-order valence-corrected chi connectivity index (χ3v) is 7.55. The van der Waals surface area contributed by atoms with Gasteiger partial charge in [0.2, 0.25) is 5.91 Å². The molecule has 13 heteroatoms. The molecule has 0 aliphatic heterocycles. The quantitative estimate of drug-likeness (QED) is 0.0279. The van der Waals surface area contributed by atoms with Crippen LogP contribution < -0.4 is 5.32 Å². The van der Waals surface area contributed by atoms with E-state index in [9.17, 15) is 28.6 Å². The van der Waals surface area contributed by atoms with Crippen LogP contribution in [0.4, 0.5) is 0 Å². The van der Waals surface area contributed by atoms with Crippen LogP contribution in [0, 0.1) is 5.92 Å². The molecule has 0 saturated carbocycles. The average Bonchev–Trinajstić information content (AvgIpc) is 3.06. The third kappa shape index (κ3) is 32.3. The summed E-state index contributed by atoms with van der Waals surface area (Å²) >= 11 is 0. The Bertz CT molecular complexity index is 898. The predicted molar refractivity (Wildman–Crippen MR) is 189 cm³/mol. The zero-order chi connectivity index (χ0) is 37.2. The number of amides is 1. The summed E-state index contributed by atoms with van der Waals surface area (Å²) in [6.45, 7) is 18.7. The first-order valence-electron chi connectivity index (χ1n) is 17.9. The van der Waals surface area contributed by atoms with Gasteiger partial charge in [0.15, 0.2) is 6.10 Å². The van der Waals surface area contributed by atoms with Crippen molar-refractivity contribution in [3.8, 4) is 0 Å². The van der Waals surface area contributed by atoms with Gasteiger partial charge in [-0.2, -0.15) is 0 Å². The number of phosphoric acid groups is 1. The van der Waals surface area contributed by atoms with Gasteiger partial charge in [-0.25, -0.2) is 4.57 Å². The molecule has 0 saturated heterocycles. The molecule has 3 atom stereocenters. The molecule has 0 heterocycles. The molecule has 1 amide bonds. The van der Waals surface area contributed by atoms with Gasteiger partial charge >= 0.3 is 25.7 Å². The molecule has 12 nitrogen and oxygen atoms in total. The van der Waals surface area contributed by atoms with Gasteiger partial charge in [0.05, 0.1) is 25.7 Å². The first-order chi connectivity index (χ1) is 22.9. The number of phosphoric ester groups is 1. The molecular formula is C35H68NO11P. The molecule has 2 N–H and O–H groups in total. The number of esters is 3. The molecule has 0 aromatic rings. The maximum atomic E-state index is 12.2. The second-order valence-electron chi connectivity index (χ2n) is 11.1. The van der Waals surface area contributed by atoms with E-state index in [1.54, 1.807) is 0 Å². The highest BCUT2D eigenvalue weighted by atomic mass is 31.2. The van der Waals surface area contributed by atoms with E-state index >= 15 is 0 Å². The Hall–Kier alpha value is -2.27. The van der Waals surface area contributed by atoms with Crippen LogP contribution in [0.5, 0.6) is 0 Å². The summed E-state index contributed by atoms with van der Waals surface area (Å²) in [4.78, 5) is 56.6. The molecule has 0 aliphatic carbocycles. The molecule has 0 radical (unpaired) electrons. The number of rotatable bonds is 27. The monoisotopic (exact) mass is 709 g/mol. The molecule has 284 valence electrons. The van der Waals surface area contributed by atoms with Crippen LogP contribution in [0.3, 0.4) is 0 Å². The lowest BCUT2D eigenvalue weighted by Crippen LogP contribution is -2.30. The molecule has 0 spiro atoms. The SMILES string of the molecule is C=C(C)C(=O)NCCOP(=O)(O)OCC(COC(=O)CCCCC)OC(=O)CCCCCCC.CC.CCCOC(=O)C(CC)CCC. The molecular weight excluding hydrogens is 641 g/mol. The fourth-order valence-corrected chi connectivity index (χ4v) is 4.61. The van der Waals surface area contributed by atoms with Crippen molar-refractivity contribution in [3.63, 3.8) is 0 Å². The highest BCUT2D eigenvalue weighted by Gasteiger charge is 2.26. The fourth-order valence-electron chi connectivity index (χ4n) is 3.86. The maximum Gasteiger partial charge on any atom is 0.472 e. The molecule has 0 aromatic heterocycles. The number of unbranched alkanes of at least 4 members (excludes halogenated alkanes) is 6. The van der Waals surface area contributed by atoms with E-state index in [0.29, 0.717) is 25.0 Å². The van der Waals surface area contributed by atoms with Crippen molar-refractivity contribution >= 4 is 31.6 Å². The minimum absolute atomic E-state index is 0.0128. The van der Waals surface area contributed by atoms with Gasteiger partial charge < -0.3 is 24.4 Å². The van der Waals surface area contributed by atoms with Crippen LogP contribution in [0.25, 0.3) is 0 Å². The second kappa shape index (κ2) is 34.6. The van der Waals surface area contributed by atoms with E-state index in [-0.39, 0.29) is 44.5 Å². The smallest absolute Gasteiger partial charge is 0.465 e. The number of ether oxygens (including phenoxy) is 3. The Morgan fingerprint density at radius 1 is 0.750 bits per heavy atom. The lowest BCUT2D eigenvalue weighted by molar-refractivity contribution is -0.161. The summed E-state index contributed by atoms with van der Waals surface area (Å²) in [5, 5.41) is 2.45. The van der Waals surface area contributed by atoms with Crippen LogP contribution in [-0.2, 0) is 47.0 Å². The minimum Gasteiger partial charge on any atom is -0.465 e. The van der Waals surface area contributed by atoms with E-state index in [1.165, 1.54) is 6.92 Å². The second-order valence-corrected chi connectivity index (χ2v) is 12.6. The standard InChI is InChI=1S/C23H42NO9P.C10H20O2.C2H6/c1-5-7-9-10-12-14-22(26)33-20(17-30-21(25)13-11-8-6-2)18-32-34(28,29)31-16-15-24-23(27)19(3)4;1-4-7-9(6-3)10(11)12-8-5-2;1-2/h20H,3,5-18H2,1-2,4H3,(H,24,27)(H,28,29);9H,4-8H2,1-3H3;1-2H3. The number of hydrogen-bond acceptors (Lipinski definition) is 10. The van der Waals surface area contributed by atoms with Crippen molar-refractivity contribution in [2.24, 2.45) is 5.92 Å². The Morgan fingerprint density at radius 3 is 1.90 bits per heavy atom. The van der Waals surface area contributed by atoms with Gasteiger partial charge in [-0.05, 0) is 39.0 Å². The summed E-state index contributed by atoms with van der Waals surface area (Å²) in [6, 6.07) is 0. The van der Waals surface area contributed by atoms with E-state index in [1.807, 2.05) is 34.6 Å². The van der Waals surface area contributed by atoms with Crippen LogP contribution in [-0.4, -0.2) is 67.8 Å². The summed E-state index contributed by atoms with van der Waals surface area (Å²) in [5.74, 6) is -1.23. The molecule has 0 aromatic carbocycles. The summed E-state index contributed by atoms with van der Waals surface area (Å²) in [6.07, 6.45) is 10.5. The van der Waals surface area contributed by atoms with Crippen molar-refractivity contribution in [3.05, 3.63) is 12.2 Å². The van der Waals surface area contributed by atoms with Crippen molar-refractivity contribution in [2.45, 2.75) is 151 Å². The van der Waals surface area contributed by atoms with Gasteiger partial charge in [0.1, 0.15) is 6.61 Å². The van der Waals surface area contributed by atoms with Crippen LogP contribution in [0.2, 0.25) is 0 Å². The molecule has 0 bridgehead atoms. The van der Waals surface area contributed by atoms with Crippen molar-refractivity contribution in [2.75, 3.05) is 33.0 Å². The van der Waals surface area contributed by atoms with E-state index < -0.39 is 38.4 Å². The Balaban J connectivity index is -0.00000121. The lowest BCUT2D eigenvalue weighted by Gasteiger charge is -2.20. The summed E-state index contributed by atoms with van der Waals surface area (Å²) in [5.41, 5.74) is 0.294. The number of carbonyl (C=O) groups is 4. The van der Waals surface area contributed by atoms with Crippen LogP contribution in [0.15, 0.2) is 12.2 Å². The van der Waals surface area contributed by atoms with Crippen molar-refractivity contribution in [1.29, 1.82) is 0 Å². The van der Waals surface area contributed by atoms with E-state index in [2.05, 4.69) is 25.7 Å². The normalized spacial score (nSPS) is 12.9. The highest BCUT2D eigenvalue weighted by molar-refractivity contribution is 7.47. The van der Waals surface area contributed by atoms with E-state index in [0.717, 1.165) is 64.2 Å². The molecule has 0 aliphatic rings. The van der Waals surface area contributed by atoms with Gasteiger partial charge in [0, 0.05) is 25.0 Å². The van der Waals surface area contributed by atoms with Crippen molar-refractivity contribution < 1.29 is 51.9 Å². The largest absolute Gasteiger partial charge is 0.472 e.